The zero-order chi connectivity index (χ0) is 23.3. The lowest BCUT2D eigenvalue weighted by Gasteiger charge is -2.23. The maximum absolute atomic E-state index is 13.3. The van der Waals surface area contributed by atoms with E-state index in [1.54, 1.807) is 37.3 Å². The maximum atomic E-state index is 13.3. The van der Waals surface area contributed by atoms with E-state index in [1.807, 2.05) is 0 Å². The van der Waals surface area contributed by atoms with Crippen LogP contribution in [0, 0.1) is 10.1 Å². The SMILES string of the molecule is CCN(c1ccccc1)S(=O)(=O)c1cc(NC(=O)CCn2cc([N+](=O)[O-])cn2)ccc1Cl. The highest BCUT2D eigenvalue weighted by Gasteiger charge is 2.26. The lowest BCUT2D eigenvalue weighted by Crippen LogP contribution is -2.31. The lowest BCUT2D eigenvalue weighted by molar-refractivity contribution is -0.385. The molecule has 0 spiro atoms. The Morgan fingerprint density at radius 2 is 1.97 bits per heavy atom. The van der Waals surface area contributed by atoms with Gasteiger partial charge in [0.2, 0.25) is 5.91 Å². The van der Waals surface area contributed by atoms with Crippen molar-refractivity contribution in [1.29, 1.82) is 0 Å². The molecule has 10 nitrogen and oxygen atoms in total. The highest BCUT2D eigenvalue weighted by Crippen LogP contribution is 2.30. The number of nitrogens with zero attached hydrogens (tertiary/aromatic N) is 4. The van der Waals surface area contributed by atoms with Crippen molar-refractivity contribution >= 4 is 44.6 Å². The summed E-state index contributed by atoms with van der Waals surface area (Å²) < 4.78 is 29.0. The normalized spacial score (nSPS) is 11.2. The van der Waals surface area contributed by atoms with Gasteiger partial charge in [0, 0.05) is 25.2 Å². The second-order valence-electron chi connectivity index (χ2n) is 6.67. The Labute approximate surface area is 189 Å². The van der Waals surface area contributed by atoms with Crippen LogP contribution >= 0.6 is 11.6 Å². The van der Waals surface area contributed by atoms with Crippen LogP contribution in [0.4, 0.5) is 17.1 Å². The number of sulfonamides is 1. The quantitative estimate of drug-likeness (QED) is 0.370. The topological polar surface area (TPSA) is 127 Å². The summed E-state index contributed by atoms with van der Waals surface area (Å²) >= 11 is 6.19. The molecule has 1 aromatic heterocycles. The molecule has 1 amide bonds. The third-order valence-electron chi connectivity index (χ3n) is 4.51. The summed E-state index contributed by atoms with van der Waals surface area (Å²) in [5.74, 6) is -0.413. The Hall–Kier alpha value is -3.44. The summed E-state index contributed by atoms with van der Waals surface area (Å²) in [6.07, 6.45) is 2.30. The number of nitrogens with one attached hydrogen (secondary N) is 1. The van der Waals surface area contributed by atoms with Crippen molar-refractivity contribution in [2.75, 3.05) is 16.2 Å². The summed E-state index contributed by atoms with van der Waals surface area (Å²) in [5.41, 5.74) is 0.583. The lowest BCUT2D eigenvalue weighted by atomic mass is 10.3. The molecule has 0 atom stereocenters. The average Bonchev–Trinajstić information content (AvgIpc) is 3.24. The highest BCUT2D eigenvalue weighted by atomic mass is 35.5. The summed E-state index contributed by atoms with van der Waals surface area (Å²) in [5, 5.41) is 17.2. The highest BCUT2D eigenvalue weighted by molar-refractivity contribution is 7.93. The predicted molar refractivity (Wildman–Crippen MR) is 120 cm³/mol. The summed E-state index contributed by atoms with van der Waals surface area (Å²) in [7, 11) is -3.98. The predicted octanol–water partition coefficient (Wildman–Crippen LogP) is 3.69. The number of amides is 1. The molecule has 32 heavy (non-hydrogen) atoms. The van der Waals surface area contributed by atoms with Crippen LogP contribution in [0.15, 0.2) is 65.8 Å². The summed E-state index contributed by atoms with van der Waals surface area (Å²) in [4.78, 5) is 22.3. The van der Waals surface area contributed by atoms with E-state index < -0.39 is 20.9 Å². The summed E-state index contributed by atoms with van der Waals surface area (Å²) in [6.45, 7) is 2.02. The second-order valence-corrected chi connectivity index (χ2v) is 8.91. The van der Waals surface area contributed by atoms with E-state index in [0.29, 0.717) is 5.69 Å². The Morgan fingerprint density at radius 1 is 1.25 bits per heavy atom. The first-order chi connectivity index (χ1) is 15.2. The number of aromatic nitrogens is 2. The molecular weight excluding hydrogens is 458 g/mol. The van der Waals surface area contributed by atoms with E-state index in [2.05, 4.69) is 10.4 Å². The molecule has 0 saturated carbocycles. The van der Waals surface area contributed by atoms with Crippen LogP contribution in [-0.2, 0) is 21.4 Å². The number of para-hydroxylation sites is 1. The van der Waals surface area contributed by atoms with E-state index >= 15 is 0 Å². The molecule has 1 heterocycles. The van der Waals surface area contributed by atoms with Crippen LogP contribution in [0.5, 0.6) is 0 Å². The van der Waals surface area contributed by atoms with Crippen LogP contribution in [0.3, 0.4) is 0 Å². The van der Waals surface area contributed by atoms with Crippen LogP contribution in [-0.4, -0.2) is 35.6 Å². The maximum Gasteiger partial charge on any atom is 0.306 e. The number of rotatable bonds is 9. The molecule has 0 aliphatic carbocycles. The molecule has 0 bridgehead atoms. The van der Waals surface area contributed by atoms with Gasteiger partial charge < -0.3 is 5.32 Å². The number of hydrogen-bond acceptors (Lipinski definition) is 6. The van der Waals surface area contributed by atoms with Crippen LogP contribution in [0.25, 0.3) is 0 Å². The van der Waals surface area contributed by atoms with Crippen LogP contribution < -0.4 is 9.62 Å². The van der Waals surface area contributed by atoms with Gasteiger partial charge in [0.15, 0.2) is 0 Å². The molecule has 0 aliphatic rings. The van der Waals surface area contributed by atoms with Crippen molar-refractivity contribution in [3.8, 4) is 0 Å². The van der Waals surface area contributed by atoms with Gasteiger partial charge in [-0.05, 0) is 37.3 Å². The van der Waals surface area contributed by atoms with E-state index in [0.717, 1.165) is 6.20 Å². The van der Waals surface area contributed by atoms with Crippen molar-refractivity contribution in [3.05, 3.63) is 76.1 Å². The summed E-state index contributed by atoms with van der Waals surface area (Å²) in [6, 6.07) is 12.8. The third-order valence-corrected chi connectivity index (χ3v) is 6.90. The Kier molecular flexibility index (Phi) is 7.11. The Balaban J connectivity index is 1.75. The van der Waals surface area contributed by atoms with Gasteiger partial charge in [0.05, 0.1) is 15.6 Å². The number of nitro groups is 1. The fourth-order valence-electron chi connectivity index (χ4n) is 2.99. The van der Waals surface area contributed by atoms with Gasteiger partial charge in [-0.2, -0.15) is 5.10 Å². The first-order valence-electron chi connectivity index (χ1n) is 9.56. The molecule has 3 rings (SSSR count). The molecule has 1 N–H and O–H groups in total. The number of anilines is 2. The van der Waals surface area contributed by atoms with Crippen LogP contribution in [0.2, 0.25) is 5.02 Å². The molecule has 0 radical (unpaired) electrons. The van der Waals surface area contributed by atoms with Crippen molar-refractivity contribution in [3.63, 3.8) is 0 Å². The van der Waals surface area contributed by atoms with Gasteiger partial charge >= 0.3 is 5.69 Å². The average molecular weight is 478 g/mol. The number of hydrogen-bond donors (Lipinski definition) is 1. The molecule has 0 saturated heterocycles. The molecule has 0 aliphatic heterocycles. The van der Waals surface area contributed by atoms with Crippen molar-refractivity contribution in [2.24, 2.45) is 0 Å². The van der Waals surface area contributed by atoms with Gasteiger partial charge in [-0.1, -0.05) is 29.8 Å². The fraction of sp³-hybridized carbons (Fsp3) is 0.200. The van der Waals surface area contributed by atoms with Crippen molar-refractivity contribution in [1.82, 2.24) is 9.78 Å². The minimum atomic E-state index is -3.98. The second kappa shape index (κ2) is 9.79. The number of benzene rings is 2. The largest absolute Gasteiger partial charge is 0.326 e. The van der Waals surface area contributed by atoms with Gasteiger partial charge in [0.1, 0.15) is 17.3 Å². The molecule has 12 heteroatoms. The number of halogens is 1. The molecule has 3 aromatic rings. The van der Waals surface area contributed by atoms with Crippen molar-refractivity contribution in [2.45, 2.75) is 24.8 Å². The van der Waals surface area contributed by atoms with E-state index in [4.69, 9.17) is 11.6 Å². The molecule has 0 fully saturated rings. The standard InChI is InChI=1S/C20H20ClN5O5S/c1-2-25(16-6-4-3-5-7-16)32(30,31)19-12-15(8-9-18(19)21)23-20(27)10-11-24-14-17(13-22-24)26(28)29/h3-9,12-14H,2,10-11H2,1H3,(H,23,27). The van der Waals surface area contributed by atoms with Gasteiger partial charge in [-0.25, -0.2) is 8.42 Å². The van der Waals surface area contributed by atoms with Gasteiger partial charge in [-0.3, -0.25) is 23.9 Å². The van der Waals surface area contributed by atoms with E-state index in [1.165, 1.54) is 33.4 Å². The molecular formula is C20H20ClN5O5S. The zero-order valence-electron chi connectivity index (χ0n) is 17.0. The minimum Gasteiger partial charge on any atom is -0.326 e. The Bertz CT molecular complexity index is 1230. The minimum absolute atomic E-state index is 0.0192. The number of carbonyl (C=O) groups excluding carboxylic acids is 1. The van der Waals surface area contributed by atoms with Crippen molar-refractivity contribution < 1.29 is 18.1 Å². The van der Waals surface area contributed by atoms with Gasteiger partial charge in [0.25, 0.3) is 10.0 Å². The van der Waals surface area contributed by atoms with Gasteiger partial charge in [-0.15, -0.1) is 0 Å². The Morgan fingerprint density at radius 3 is 2.59 bits per heavy atom. The monoisotopic (exact) mass is 477 g/mol. The molecule has 2 aromatic carbocycles. The van der Waals surface area contributed by atoms with Crippen LogP contribution in [0.1, 0.15) is 13.3 Å². The molecule has 168 valence electrons. The number of carbonyl (C=O) groups is 1. The first-order valence-corrected chi connectivity index (χ1v) is 11.4. The zero-order valence-corrected chi connectivity index (χ0v) is 18.6. The number of aryl methyl sites for hydroxylation is 1. The van der Waals surface area contributed by atoms with E-state index in [-0.39, 0.29) is 40.8 Å². The third kappa shape index (κ3) is 5.24. The smallest absolute Gasteiger partial charge is 0.306 e. The molecule has 0 unspecified atom stereocenters. The fourth-order valence-corrected chi connectivity index (χ4v) is 4.97. The first kappa shape index (κ1) is 23.2. The van der Waals surface area contributed by atoms with E-state index in [9.17, 15) is 23.3 Å².